The fourth-order valence-electron chi connectivity index (χ4n) is 1.89. The van der Waals surface area contributed by atoms with Crippen molar-refractivity contribution in [3.63, 3.8) is 0 Å². The van der Waals surface area contributed by atoms with Gasteiger partial charge in [-0.05, 0) is 33.3 Å². The van der Waals surface area contributed by atoms with Gasteiger partial charge in [0.1, 0.15) is 10.6 Å². The molecule has 114 valence electrons. The Morgan fingerprint density at radius 1 is 1.40 bits per heavy atom. The lowest BCUT2D eigenvalue weighted by Gasteiger charge is -2.15. The van der Waals surface area contributed by atoms with Crippen LogP contribution in [0.25, 0.3) is 0 Å². The van der Waals surface area contributed by atoms with Crippen molar-refractivity contribution in [1.29, 1.82) is 0 Å². The molecular formula is C13H20ClNO4S. The van der Waals surface area contributed by atoms with Gasteiger partial charge in [0, 0.05) is 22.9 Å². The minimum Gasteiger partial charge on any atom is -0.458 e. The Balaban J connectivity index is 3.10. The minimum atomic E-state index is -3.87. The summed E-state index contributed by atoms with van der Waals surface area (Å²) in [6.45, 7) is 7.50. The average Bonchev–Trinajstić information content (AvgIpc) is 2.73. The van der Waals surface area contributed by atoms with Gasteiger partial charge < -0.3 is 9.30 Å². The van der Waals surface area contributed by atoms with E-state index in [-0.39, 0.29) is 22.7 Å². The molecule has 0 aliphatic heterocycles. The molecule has 0 fully saturated rings. The first-order valence-electron chi connectivity index (χ1n) is 6.54. The first kappa shape index (κ1) is 17.0. The number of aromatic nitrogens is 1. The summed E-state index contributed by atoms with van der Waals surface area (Å²) >= 11 is 0. The van der Waals surface area contributed by atoms with Crippen LogP contribution in [0.4, 0.5) is 0 Å². The van der Waals surface area contributed by atoms with Crippen molar-refractivity contribution >= 4 is 25.7 Å². The number of carbonyl (C=O) groups excluding carboxylic acids is 1. The van der Waals surface area contributed by atoms with E-state index in [1.165, 1.54) is 12.3 Å². The van der Waals surface area contributed by atoms with Crippen molar-refractivity contribution in [1.82, 2.24) is 4.57 Å². The van der Waals surface area contributed by atoms with Crippen LogP contribution < -0.4 is 0 Å². The van der Waals surface area contributed by atoms with Crippen LogP contribution in [0, 0.1) is 0 Å². The van der Waals surface area contributed by atoms with E-state index < -0.39 is 15.0 Å². The SMILES string of the molecule is CCCC(C)OC(=O)c1cc(S(=O)(=O)Cl)cn1C(C)C. The van der Waals surface area contributed by atoms with E-state index in [9.17, 15) is 13.2 Å². The number of rotatable bonds is 6. The molecule has 0 N–H and O–H groups in total. The predicted octanol–water partition coefficient (Wildman–Crippen LogP) is 3.34. The molecule has 0 saturated heterocycles. The van der Waals surface area contributed by atoms with Gasteiger partial charge in [0.2, 0.25) is 0 Å². The van der Waals surface area contributed by atoms with Gasteiger partial charge in [-0.3, -0.25) is 0 Å². The molecular weight excluding hydrogens is 302 g/mol. The van der Waals surface area contributed by atoms with Crippen molar-refractivity contribution in [2.24, 2.45) is 0 Å². The zero-order chi connectivity index (χ0) is 15.5. The van der Waals surface area contributed by atoms with E-state index >= 15 is 0 Å². The molecule has 0 spiro atoms. The summed E-state index contributed by atoms with van der Waals surface area (Å²) in [5.74, 6) is -0.536. The van der Waals surface area contributed by atoms with Gasteiger partial charge in [-0.2, -0.15) is 0 Å². The summed E-state index contributed by atoms with van der Waals surface area (Å²) in [7, 11) is 1.45. The monoisotopic (exact) mass is 321 g/mol. The van der Waals surface area contributed by atoms with Crippen molar-refractivity contribution in [3.8, 4) is 0 Å². The molecule has 7 heteroatoms. The summed E-state index contributed by atoms with van der Waals surface area (Å²) in [6, 6.07) is 1.18. The number of carbonyl (C=O) groups is 1. The van der Waals surface area contributed by atoms with Gasteiger partial charge in [-0.25, -0.2) is 13.2 Å². The van der Waals surface area contributed by atoms with Crippen LogP contribution in [0.1, 0.15) is 57.1 Å². The number of halogens is 1. The van der Waals surface area contributed by atoms with Gasteiger partial charge in [0.05, 0.1) is 6.10 Å². The highest BCUT2D eigenvalue weighted by molar-refractivity contribution is 8.13. The third-order valence-corrected chi connectivity index (χ3v) is 4.19. The zero-order valence-electron chi connectivity index (χ0n) is 12.1. The maximum atomic E-state index is 12.1. The Hall–Kier alpha value is -1.01. The van der Waals surface area contributed by atoms with Crippen LogP contribution in [-0.2, 0) is 13.8 Å². The van der Waals surface area contributed by atoms with Gasteiger partial charge >= 0.3 is 5.97 Å². The second kappa shape index (κ2) is 6.63. The highest BCUT2D eigenvalue weighted by Gasteiger charge is 2.23. The summed E-state index contributed by atoms with van der Waals surface area (Å²) in [5, 5.41) is 0. The Morgan fingerprint density at radius 2 is 2.00 bits per heavy atom. The molecule has 0 saturated carbocycles. The molecule has 0 bridgehead atoms. The molecule has 0 amide bonds. The molecule has 1 atom stereocenters. The Kier molecular flexibility index (Phi) is 5.65. The molecule has 1 aromatic heterocycles. The van der Waals surface area contributed by atoms with Crippen LogP contribution >= 0.6 is 10.7 Å². The fourth-order valence-corrected chi connectivity index (χ4v) is 2.63. The average molecular weight is 322 g/mol. The molecule has 0 radical (unpaired) electrons. The van der Waals surface area contributed by atoms with Crippen LogP contribution in [0.15, 0.2) is 17.2 Å². The van der Waals surface area contributed by atoms with Gasteiger partial charge in [-0.15, -0.1) is 0 Å². The molecule has 0 aliphatic carbocycles. The quantitative estimate of drug-likeness (QED) is 0.595. The molecule has 1 heterocycles. The van der Waals surface area contributed by atoms with Gasteiger partial charge in [-0.1, -0.05) is 13.3 Å². The Bertz CT molecular complexity index is 577. The molecule has 1 unspecified atom stereocenters. The summed E-state index contributed by atoms with van der Waals surface area (Å²) < 4.78 is 29.6. The van der Waals surface area contributed by atoms with E-state index in [2.05, 4.69) is 0 Å². The van der Waals surface area contributed by atoms with Crippen molar-refractivity contribution in [2.75, 3.05) is 0 Å². The predicted molar refractivity (Wildman–Crippen MR) is 77.6 cm³/mol. The maximum absolute atomic E-state index is 12.1. The summed E-state index contributed by atoms with van der Waals surface area (Å²) in [4.78, 5) is 12.0. The molecule has 1 rings (SSSR count). The van der Waals surface area contributed by atoms with Crippen LogP contribution in [0.3, 0.4) is 0 Å². The Morgan fingerprint density at radius 3 is 2.45 bits per heavy atom. The number of hydrogen-bond acceptors (Lipinski definition) is 4. The highest BCUT2D eigenvalue weighted by atomic mass is 35.7. The lowest BCUT2D eigenvalue weighted by molar-refractivity contribution is 0.0309. The number of esters is 1. The van der Waals surface area contributed by atoms with E-state index in [1.807, 2.05) is 27.7 Å². The maximum Gasteiger partial charge on any atom is 0.355 e. The van der Waals surface area contributed by atoms with Crippen LogP contribution in [0.5, 0.6) is 0 Å². The first-order chi connectivity index (χ1) is 9.16. The second-order valence-corrected chi connectivity index (χ2v) is 7.57. The molecule has 20 heavy (non-hydrogen) atoms. The summed E-state index contributed by atoms with van der Waals surface area (Å²) in [6.07, 6.45) is 2.81. The lowest BCUT2D eigenvalue weighted by atomic mass is 10.2. The standard InChI is InChI=1S/C13H20ClNO4S/c1-5-6-10(4)19-13(16)12-7-11(20(14,17)18)8-15(12)9(2)3/h7-10H,5-6H2,1-4H3. The lowest BCUT2D eigenvalue weighted by Crippen LogP contribution is -2.18. The van der Waals surface area contributed by atoms with Crippen molar-refractivity contribution in [2.45, 2.75) is 57.6 Å². The minimum absolute atomic E-state index is 0.0776. The van der Waals surface area contributed by atoms with Gasteiger partial charge in [0.25, 0.3) is 9.05 Å². The van der Waals surface area contributed by atoms with E-state index in [4.69, 9.17) is 15.4 Å². The van der Waals surface area contributed by atoms with E-state index in [0.717, 1.165) is 12.8 Å². The summed E-state index contributed by atoms with van der Waals surface area (Å²) in [5.41, 5.74) is 0.196. The topological polar surface area (TPSA) is 65.4 Å². The molecule has 0 aliphatic rings. The van der Waals surface area contributed by atoms with Crippen LogP contribution in [-0.4, -0.2) is 25.1 Å². The number of ether oxygens (including phenoxy) is 1. The highest BCUT2D eigenvalue weighted by Crippen LogP contribution is 2.23. The zero-order valence-corrected chi connectivity index (χ0v) is 13.7. The second-order valence-electron chi connectivity index (χ2n) is 5.00. The smallest absolute Gasteiger partial charge is 0.355 e. The Labute approximate surface area is 124 Å². The third kappa shape index (κ3) is 4.24. The van der Waals surface area contributed by atoms with Gasteiger partial charge in [0.15, 0.2) is 0 Å². The van der Waals surface area contributed by atoms with Crippen molar-refractivity contribution in [3.05, 3.63) is 18.0 Å². The van der Waals surface area contributed by atoms with Crippen molar-refractivity contribution < 1.29 is 17.9 Å². The normalized spacial score (nSPS) is 13.5. The first-order valence-corrected chi connectivity index (χ1v) is 8.85. The molecule has 1 aromatic rings. The third-order valence-electron chi connectivity index (χ3n) is 2.87. The van der Waals surface area contributed by atoms with Crippen LogP contribution in [0.2, 0.25) is 0 Å². The fraction of sp³-hybridized carbons (Fsp3) is 0.615. The number of nitrogens with zero attached hydrogens (tertiary/aromatic N) is 1. The largest absolute Gasteiger partial charge is 0.458 e. The molecule has 5 nitrogen and oxygen atoms in total. The molecule has 0 aromatic carbocycles. The van der Waals surface area contributed by atoms with E-state index in [1.54, 1.807) is 4.57 Å². The number of hydrogen-bond donors (Lipinski definition) is 0. The van der Waals surface area contributed by atoms with E-state index in [0.29, 0.717) is 0 Å².